The van der Waals surface area contributed by atoms with Gasteiger partial charge in [-0.2, -0.15) is 0 Å². The van der Waals surface area contributed by atoms with Crippen LogP contribution in [0.1, 0.15) is 60.5 Å². The molecule has 0 bridgehead atoms. The van der Waals surface area contributed by atoms with Crippen LogP contribution >= 0.6 is 0 Å². The number of rotatable bonds is 12. The number of hydrogen-bond acceptors (Lipinski definition) is 4. The number of carbonyl (C=O) groups excluding carboxylic acids is 1. The fourth-order valence-corrected chi connectivity index (χ4v) is 3.56. The third kappa shape index (κ3) is 7.73. The molecule has 0 saturated heterocycles. The number of unbranched alkanes of at least 4 members (excludes halogenated alkanes) is 4. The molecule has 0 atom stereocenters. The summed E-state index contributed by atoms with van der Waals surface area (Å²) in [6.45, 7) is 2.23. The molecular weight excluding hydrogens is 422 g/mol. The second-order valence-electron chi connectivity index (χ2n) is 8.53. The van der Waals surface area contributed by atoms with E-state index >= 15 is 0 Å². The average molecular weight is 456 g/mol. The molecule has 0 N–H and O–H groups in total. The summed E-state index contributed by atoms with van der Waals surface area (Å²) in [4.78, 5) is 14.8. The minimum Gasteiger partial charge on any atom is -0.378 e. The third-order valence-corrected chi connectivity index (χ3v) is 5.64. The Hall–Kier alpha value is -3.67. The van der Waals surface area contributed by atoms with Gasteiger partial charge in [-0.05, 0) is 77.4 Å². The second kappa shape index (κ2) is 13.1. The summed E-state index contributed by atoms with van der Waals surface area (Å²) in [6.07, 6.45) is 7.41. The smallest absolute Gasteiger partial charge is 0.193 e. The Kier molecular flexibility index (Phi) is 9.65. The molecule has 0 radical (unpaired) electrons. The van der Waals surface area contributed by atoms with Crippen LogP contribution in [0.25, 0.3) is 0 Å². The highest BCUT2D eigenvalue weighted by molar-refractivity contribution is 6.09. The van der Waals surface area contributed by atoms with Crippen molar-refractivity contribution in [3.8, 4) is 0 Å². The molecule has 0 saturated carbocycles. The maximum atomic E-state index is 12.8. The lowest BCUT2D eigenvalue weighted by Gasteiger charge is -2.11. The van der Waals surface area contributed by atoms with Crippen molar-refractivity contribution in [3.05, 3.63) is 89.5 Å². The van der Waals surface area contributed by atoms with Crippen LogP contribution in [0.3, 0.4) is 0 Å². The topological polar surface area (TPSA) is 69.7 Å². The van der Waals surface area contributed by atoms with E-state index < -0.39 is 0 Å². The molecular formula is C28H33N5O. The zero-order valence-corrected chi connectivity index (χ0v) is 20.3. The molecule has 6 heteroatoms. The molecule has 3 rings (SSSR count). The Morgan fingerprint density at radius 2 is 1.18 bits per heavy atom. The molecule has 34 heavy (non-hydrogen) atoms. The van der Waals surface area contributed by atoms with Gasteiger partial charge in [0.05, 0.1) is 11.4 Å². The van der Waals surface area contributed by atoms with Crippen molar-refractivity contribution >= 4 is 22.8 Å². The van der Waals surface area contributed by atoms with Crippen molar-refractivity contribution in [2.75, 3.05) is 19.0 Å². The molecule has 3 aromatic rings. The van der Waals surface area contributed by atoms with Gasteiger partial charge in [0, 0.05) is 30.9 Å². The molecule has 0 spiro atoms. The van der Waals surface area contributed by atoms with Gasteiger partial charge < -0.3 is 4.90 Å². The van der Waals surface area contributed by atoms with Gasteiger partial charge in [-0.1, -0.05) is 56.9 Å². The van der Waals surface area contributed by atoms with Crippen LogP contribution in [-0.4, -0.2) is 19.9 Å². The van der Waals surface area contributed by atoms with Gasteiger partial charge in [-0.3, -0.25) is 4.79 Å². The van der Waals surface area contributed by atoms with Crippen molar-refractivity contribution in [2.24, 2.45) is 20.7 Å². The average Bonchev–Trinajstić information content (AvgIpc) is 2.87. The Morgan fingerprint density at radius 3 is 1.71 bits per heavy atom. The van der Waals surface area contributed by atoms with E-state index in [4.69, 9.17) is 0 Å². The molecule has 0 heterocycles. The fraction of sp³-hybridized carbons (Fsp3) is 0.321. The number of benzene rings is 3. The number of aryl methyl sites for hydroxylation is 1. The molecule has 6 nitrogen and oxygen atoms in total. The number of hydrogen-bond donors (Lipinski definition) is 0. The SMILES string of the molecule is CCCCCCCc1ccc(C(=O)c2ccc(N=NN=Nc3ccc(N(C)C)cc3)cc2)cc1. The van der Waals surface area contributed by atoms with Gasteiger partial charge in [-0.15, -0.1) is 10.2 Å². The minimum atomic E-state index is -0.00107. The van der Waals surface area contributed by atoms with Crippen LogP contribution in [0.4, 0.5) is 17.1 Å². The van der Waals surface area contributed by atoms with Crippen molar-refractivity contribution in [1.82, 2.24) is 0 Å². The van der Waals surface area contributed by atoms with Crippen LogP contribution in [0, 0.1) is 0 Å². The fourth-order valence-electron chi connectivity index (χ4n) is 3.56. The standard InChI is InChI=1S/C28H33N5O/c1-4-5-6-7-8-9-22-10-12-23(13-11-22)28(34)24-14-16-25(17-15-24)29-31-32-30-26-18-20-27(21-19-26)33(2)3/h10-21H,4-9H2,1-3H3. The Morgan fingerprint density at radius 1 is 0.676 bits per heavy atom. The van der Waals surface area contributed by atoms with Crippen molar-refractivity contribution < 1.29 is 4.79 Å². The Balaban J connectivity index is 1.51. The van der Waals surface area contributed by atoms with E-state index in [1.165, 1.54) is 37.7 Å². The highest BCUT2D eigenvalue weighted by Crippen LogP contribution is 2.20. The molecule has 176 valence electrons. The van der Waals surface area contributed by atoms with Crippen molar-refractivity contribution in [1.29, 1.82) is 0 Å². The van der Waals surface area contributed by atoms with E-state index in [-0.39, 0.29) is 5.78 Å². The van der Waals surface area contributed by atoms with Crippen molar-refractivity contribution in [2.45, 2.75) is 45.4 Å². The maximum Gasteiger partial charge on any atom is 0.193 e. The summed E-state index contributed by atoms with van der Waals surface area (Å²) in [7, 11) is 3.97. The molecule has 0 fully saturated rings. The first kappa shape index (κ1) is 25.0. The van der Waals surface area contributed by atoms with Gasteiger partial charge in [0.15, 0.2) is 5.78 Å². The summed E-state index contributed by atoms with van der Waals surface area (Å²) in [5.74, 6) is -0.00107. The summed E-state index contributed by atoms with van der Waals surface area (Å²) in [6, 6.07) is 22.7. The van der Waals surface area contributed by atoms with E-state index in [1.54, 1.807) is 24.3 Å². The lowest BCUT2D eigenvalue weighted by Crippen LogP contribution is -2.07. The summed E-state index contributed by atoms with van der Waals surface area (Å²) in [5, 5.41) is 15.6. The molecule has 0 aromatic heterocycles. The highest BCUT2D eigenvalue weighted by atomic mass is 16.1. The second-order valence-corrected chi connectivity index (χ2v) is 8.53. The number of carbonyl (C=O) groups is 1. The first-order valence-corrected chi connectivity index (χ1v) is 11.9. The third-order valence-electron chi connectivity index (χ3n) is 5.64. The largest absolute Gasteiger partial charge is 0.378 e. The predicted molar refractivity (Wildman–Crippen MR) is 139 cm³/mol. The van der Waals surface area contributed by atoms with Crippen molar-refractivity contribution in [3.63, 3.8) is 0 Å². The quantitative estimate of drug-likeness (QED) is 0.119. The van der Waals surface area contributed by atoms with Crippen LogP contribution in [0.2, 0.25) is 0 Å². The monoisotopic (exact) mass is 455 g/mol. The van der Waals surface area contributed by atoms with E-state index in [1.807, 2.05) is 55.4 Å². The lowest BCUT2D eigenvalue weighted by atomic mass is 10.00. The molecule has 0 aliphatic heterocycles. The molecule has 0 aliphatic rings. The van der Waals surface area contributed by atoms with Crippen LogP contribution in [-0.2, 0) is 6.42 Å². The van der Waals surface area contributed by atoms with Crippen LogP contribution in [0.5, 0.6) is 0 Å². The normalized spacial score (nSPS) is 11.4. The molecule has 3 aromatic carbocycles. The van der Waals surface area contributed by atoms with Gasteiger partial charge in [-0.25, -0.2) is 0 Å². The Bertz CT molecular complexity index is 1090. The van der Waals surface area contributed by atoms with Gasteiger partial charge >= 0.3 is 0 Å². The van der Waals surface area contributed by atoms with Crippen LogP contribution < -0.4 is 4.90 Å². The first-order valence-electron chi connectivity index (χ1n) is 11.9. The van der Waals surface area contributed by atoms with E-state index in [0.29, 0.717) is 22.5 Å². The van der Waals surface area contributed by atoms with Gasteiger partial charge in [0.2, 0.25) is 0 Å². The molecule has 0 unspecified atom stereocenters. The van der Waals surface area contributed by atoms with Gasteiger partial charge in [0.25, 0.3) is 0 Å². The zero-order valence-electron chi connectivity index (χ0n) is 20.3. The minimum absolute atomic E-state index is 0.00107. The summed E-state index contributed by atoms with van der Waals surface area (Å²) in [5.41, 5.74) is 4.99. The lowest BCUT2D eigenvalue weighted by molar-refractivity contribution is 0.103. The maximum absolute atomic E-state index is 12.8. The number of anilines is 1. The zero-order chi connectivity index (χ0) is 24.2. The summed E-state index contributed by atoms with van der Waals surface area (Å²) >= 11 is 0. The van der Waals surface area contributed by atoms with E-state index in [0.717, 1.165) is 12.1 Å². The van der Waals surface area contributed by atoms with Gasteiger partial charge in [0.1, 0.15) is 0 Å². The molecule has 0 amide bonds. The van der Waals surface area contributed by atoms with Crippen LogP contribution in [0.15, 0.2) is 93.5 Å². The van der Waals surface area contributed by atoms with E-state index in [2.05, 4.69) is 39.7 Å². The summed E-state index contributed by atoms with van der Waals surface area (Å²) < 4.78 is 0. The number of nitrogens with zero attached hydrogens (tertiary/aromatic N) is 5. The first-order chi connectivity index (χ1) is 16.6. The number of ketones is 1. The Labute approximate surface area is 202 Å². The predicted octanol–water partition coefficient (Wildman–Crippen LogP) is 8.28. The van der Waals surface area contributed by atoms with E-state index in [9.17, 15) is 4.79 Å². The highest BCUT2D eigenvalue weighted by Gasteiger charge is 2.09. The molecule has 0 aliphatic carbocycles.